The zero-order valence-corrected chi connectivity index (χ0v) is 11.8. The fraction of sp³-hybridized carbons (Fsp3) is 0.538. The number of pyridine rings is 1. The normalized spacial score (nSPS) is 11.2. The van der Waals surface area contributed by atoms with E-state index in [9.17, 15) is 0 Å². The van der Waals surface area contributed by atoms with Gasteiger partial charge in [0.05, 0.1) is 0 Å². The molecule has 0 amide bonds. The fourth-order valence-electron chi connectivity index (χ4n) is 2.04. The molecule has 2 aromatic rings. The third kappa shape index (κ3) is 2.96. The Labute approximate surface area is 112 Å². The van der Waals surface area contributed by atoms with Crippen molar-refractivity contribution in [2.45, 2.75) is 32.7 Å². The number of fused-ring (bicyclic) bond motifs is 1. The summed E-state index contributed by atoms with van der Waals surface area (Å²) in [6, 6.07) is 2.03. The van der Waals surface area contributed by atoms with Gasteiger partial charge in [0, 0.05) is 12.7 Å². The van der Waals surface area contributed by atoms with Gasteiger partial charge in [-0.1, -0.05) is 6.42 Å². The van der Waals surface area contributed by atoms with Gasteiger partial charge in [0.1, 0.15) is 5.52 Å². The van der Waals surface area contributed by atoms with Crippen molar-refractivity contribution in [3.05, 3.63) is 17.8 Å². The van der Waals surface area contributed by atoms with Crippen LogP contribution >= 0.6 is 11.8 Å². The van der Waals surface area contributed by atoms with Gasteiger partial charge in [0.2, 0.25) is 5.95 Å². The summed E-state index contributed by atoms with van der Waals surface area (Å²) in [4.78, 5) is 8.80. The van der Waals surface area contributed by atoms with Crippen LogP contribution in [-0.2, 0) is 6.54 Å². The van der Waals surface area contributed by atoms with Crippen LogP contribution in [0.4, 0.5) is 5.95 Å². The maximum Gasteiger partial charge on any atom is 0.202 e. The highest BCUT2D eigenvalue weighted by atomic mass is 32.2. The van der Waals surface area contributed by atoms with Crippen molar-refractivity contribution in [2.75, 3.05) is 17.7 Å². The lowest BCUT2D eigenvalue weighted by molar-refractivity contribution is 0.618. The van der Waals surface area contributed by atoms with E-state index in [-0.39, 0.29) is 0 Å². The van der Waals surface area contributed by atoms with Crippen LogP contribution < -0.4 is 5.73 Å². The third-order valence-corrected chi connectivity index (χ3v) is 3.68. The second-order valence-corrected chi connectivity index (χ2v) is 5.52. The van der Waals surface area contributed by atoms with Crippen LogP contribution in [0.3, 0.4) is 0 Å². The smallest absolute Gasteiger partial charge is 0.202 e. The quantitative estimate of drug-likeness (QED) is 0.815. The Hall–Kier alpha value is -1.23. The molecular formula is C13H20N4S. The molecule has 0 spiro atoms. The summed E-state index contributed by atoms with van der Waals surface area (Å²) in [5, 5.41) is 0. The molecule has 2 aromatic heterocycles. The molecule has 0 aromatic carbocycles. The monoisotopic (exact) mass is 264 g/mol. The molecule has 4 nitrogen and oxygen atoms in total. The number of nitrogen functional groups attached to an aromatic ring is 1. The summed E-state index contributed by atoms with van der Waals surface area (Å²) in [6.45, 7) is 2.93. The highest BCUT2D eigenvalue weighted by Crippen LogP contribution is 2.17. The molecule has 0 aliphatic heterocycles. The predicted molar refractivity (Wildman–Crippen MR) is 78.9 cm³/mol. The maximum absolute atomic E-state index is 5.95. The number of unbranched alkanes of at least 4 members (excludes halogenated alkanes) is 2. The highest BCUT2D eigenvalue weighted by Gasteiger charge is 2.08. The summed E-state index contributed by atoms with van der Waals surface area (Å²) in [7, 11) is 0. The molecule has 98 valence electrons. The lowest BCUT2D eigenvalue weighted by Gasteiger charge is -2.05. The standard InChI is InChI=1S/C13H20N4S/c1-10-8-11-12(15-9-10)17(13(14)16-11)6-4-3-5-7-18-2/h8-9H,3-7H2,1-2H3,(H2,14,16). The highest BCUT2D eigenvalue weighted by molar-refractivity contribution is 7.98. The van der Waals surface area contributed by atoms with Crippen molar-refractivity contribution in [2.24, 2.45) is 0 Å². The molecule has 2 N–H and O–H groups in total. The summed E-state index contributed by atoms with van der Waals surface area (Å²) in [5.41, 5.74) is 8.87. The van der Waals surface area contributed by atoms with E-state index in [1.165, 1.54) is 18.6 Å². The molecule has 0 bridgehead atoms. The van der Waals surface area contributed by atoms with Gasteiger partial charge >= 0.3 is 0 Å². The van der Waals surface area contributed by atoms with Crippen LogP contribution in [0, 0.1) is 6.92 Å². The van der Waals surface area contributed by atoms with E-state index >= 15 is 0 Å². The number of rotatable bonds is 6. The van der Waals surface area contributed by atoms with E-state index in [1.807, 2.05) is 35.5 Å². The molecule has 0 atom stereocenters. The average molecular weight is 264 g/mol. The minimum Gasteiger partial charge on any atom is -0.369 e. The number of hydrogen-bond donors (Lipinski definition) is 1. The molecule has 0 radical (unpaired) electrons. The first-order valence-corrected chi connectivity index (χ1v) is 7.69. The third-order valence-electron chi connectivity index (χ3n) is 2.98. The SMILES string of the molecule is CSCCCCCn1c(N)nc2cc(C)cnc21. The molecule has 0 saturated carbocycles. The fourth-order valence-corrected chi connectivity index (χ4v) is 2.54. The van der Waals surface area contributed by atoms with Crippen molar-refractivity contribution in [3.63, 3.8) is 0 Å². The molecule has 2 rings (SSSR count). The van der Waals surface area contributed by atoms with Crippen LogP contribution in [0.15, 0.2) is 12.3 Å². The molecule has 2 heterocycles. The Bertz CT molecular complexity index is 521. The van der Waals surface area contributed by atoms with Gasteiger partial charge in [-0.15, -0.1) is 0 Å². The molecule has 5 heteroatoms. The van der Waals surface area contributed by atoms with E-state index in [1.54, 1.807) is 0 Å². The van der Waals surface area contributed by atoms with Crippen LogP contribution in [0.5, 0.6) is 0 Å². The van der Waals surface area contributed by atoms with Crippen LogP contribution in [0.2, 0.25) is 0 Å². The number of anilines is 1. The number of imidazole rings is 1. The predicted octanol–water partition coefficient (Wildman–Crippen LogP) is 2.86. The summed E-state index contributed by atoms with van der Waals surface area (Å²) in [5.74, 6) is 1.81. The Morgan fingerprint density at radius 3 is 2.94 bits per heavy atom. The number of nitrogens with two attached hydrogens (primary N) is 1. The molecule has 0 aliphatic rings. The molecule has 0 unspecified atom stereocenters. The van der Waals surface area contributed by atoms with Crippen molar-refractivity contribution in [3.8, 4) is 0 Å². The summed E-state index contributed by atoms with van der Waals surface area (Å²) in [6.07, 6.45) is 7.64. The van der Waals surface area contributed by atoms with Crippen molar-refractivity contribution in [1.29, 1.82) is 0 Å². The minimum atomic E-state index is 0.577. The lowest BCUT2D eigenvalue weighted by Crippen LogP contribution is -2.04. The first-order valence-electron chi connectivity index (χ1n) is 6.29. The van der Waals surface area contributed by atoms with E-state index < -0.39 is 0 Å². The molecule has 18 heavy (non-hydrogen) atoms. The van der Waals surface area contributed by atoms with E-state index in [0.717, 1.165) is 29.7 Å². The Morgan fingerprint density at radius 1 is 1.33 bits per heavy atom. The second-order valence-electron chi connectivity index (χ2n) is 4.53. The average Bonchev–Trinajstić information content (AvgIpc) is 2.64. The van der Waals surface area contributed by atoms with E-state index in [2.05, 4.69) is 16.2 Å². The number of thioether (sulfide) groups is 1. The second kappa shape index (κ2) is 6.09. The van der Waals surface area contributed by atoms with Gasteiger partial charge in [-0.3, -0.25) is 4.57 Å². The maximum atomic E-state index is 5.95. The summed E-state index contributed by atoms with van der Waals surface area (Å²) >= 11 is 1.90. The van der Waals surface area contributed by atoms with E-state index in [4.69, 9.17) is 5.73 Å². The minimum absolute atomic E-state index is 0.577. The number of hydrogen-bond acceptors (Lipinski definition) is 4. The van der Waals surface area contributed by atoms with Gasteiger partial charge in [-0.2, -0.15) is 11.8 Å². The topological polar surface area (TPSA) is 56.7 Å². The molecule has 0 aliphatic carbocycles. The largest absolute Gasteiger partial charge is 0.369 e. The van der Waals surface area contributed by atoms with Gasteiger partial charge in [0.25, 0.3) is 0 Å². The number of aromatic nitrogens is 3. The lowest BCUT2D eigenvalue weighted by atomic mass is 10.2. The van der Waals surface area contributed by atoms with Gasteiger partial charge < -0.3 is 5.73 Å². The van der Waals surface area contributed by atoms with Crippen LogP contribution in [0.1, 0.15) is 24.8 Å². The van der Waals surface area contributed by atoms with Gasteiger partial charge in [-0.25, -0.2) is 9.97 Å². The van der Waals surface area contributed by atoms with Crippen molar-refractivity contribution in [1.82, 2.24) is 14.5 Å². The molecule has 0 fully saturated rings. The van der Waals surface area contributed by atoms with Crippen LogP contribution in [-0.4, -0.2) is 26.5 Å². The number of nitrogens with zero attached hydrogens (tertiary/aromatic N) is 3. The Balaban J connectivity index is 2.05. The van der Waals surface area contributed by atoms with Gasteiger partial charge in [0.15, 0.2) is 5.65 Å². The first kappa shape index (κ1) is 13.2. The zero-order chi connectivity index (χ0) is 13.0. The van der Waals surface area contributed by atoms with E-state index in [0.29, 0.717) is 5.95 Å². The Morgan fingerprint density at radius 2 is 2.17 bits per heavy atom. The number of aryl methyl sites for hydroxylation is 2. The zero-order valence-electron chi connectivity index (χ0n) is 11.0. The molecular weight excluding hydrogens is 244 g/mol. The Kier molecular flexibility index (Phi) is 4.47. The molecule has 0 saturated heterocycles. The first-order chi connectivity index (χ1) is 8.72. The van der Waals surface area contributed by atoms with Crippen molar-refractivity contribution >= 4 is 28.9 Å². The van der Waals surface area contributed by atoms with Crippen molar-refractivity contribution < 1.29 is 0 Å². The van der Waals surface area contributed by atoms with Crippen LogP contribution in [0.25, 0.3) is 11.2 Å². The summed E-state index contributed by atoms with van der Waals surface area (Å²) < 4.78 is 2.02. The van der Waals surface area contributed by atoms with Gasteiger partial charge in [-0.05, 0) is 43.4 Å².